The molecule has 1 amide bonds. The lowest BCUT2D eigenvalue weighted by Crippen LogP contribution is -2.19. The summed E-state index contributed by atoms with van der Waals surface area (Å²) in [5.74, 6) is -0.326. The van der Waals surface area contributed by atoms with Crippen LogP contribution in [0.15, 0.2) is 39.8 Å². The summed E-state index contributed by atoms with van der Waals surface area (Å²) in [4.78, 5) is 32.4. The standard InChI is InChI=1S/C17H14ClN5O3/c1-9-5-13-11(6-10(9)18)20-17(26-13)21-14(24)7-23-8-19-16-12(23)3-4-15(25)22(16)2/h3-6,8H,7H2,1-2H3,(H,20,21,24). The van der Waals surface area contributed by atoms with Crippen molar-refractivity contribution in [1.29, 1.82) is 0 Å². The summed E-state index contributed by atoms with van der Waals surface area (Å²) in [6, 6.07) is 6.64. The minimum absolute atomic E-state index is 0.00716. The molecule has 132 valence electrons. The number of carbonyl (C=O) groups excluding carboxylic acids is 1. The molecular weight excluding hydrogens is 358 g/mol. The quantitative estimate of drug-likeness (QED) is 0.597. The average molecular weight is 372 g/mol. The van der Waals surface area contributed by atoms with Crippen LogP contribution in [0.4, 0.5) is 6.01 Å². The summed E-state index contributed by atoms with van der Waals surface area (Å²) in [6.45, 7) is 1.87. The highest BCUT2D eigenvalue weighted by molar-refractivity contribution is 6.32. The van der Waals surface area contributed by atoms with Gasteiger partial charge < -0.3 is 8.98 Å². The summed E-state index contributed by atoms with van der Waals surface area (Å²) in [7, 11) is 1.63. The number of fused-ring (bicyclic) bond motifs is 2. The molecule has 4 aromatic rings. The van der Waals surface area contributed by atoms with Gasteiger partial charge in [0, 0.05) is 18.1 Å². The van der Waals surface area contributed by atoms with Gasteiger partial charge in [-0.3, -0.25) is 19.5 Å². The molecule has 0 spiro atoms. The van der Waals surface area contributed by atoms with Crippen LogP contribution in [0.2, 0.25) is 5.02 Å². The Labute approximate surface area is 152 Å². The lowest BCUT2D eigenvalue weighted by molar-refractivity contribution is -0.116. The Bertz CT molecular complexity index is 1180. The Balaban J connectivity index is 1.58. The van der Waals surface area contributed by atoms with E-state index in [2.05, 4.69) is 15.3 Å². The molecule has 0 aliphatic carbocycles. The summed E-state index contributed by atoms with van der Waals surface area (Å²) in [5, 5.41) is 3.20. The second-order valence-electron chi connectivity index (χ2n) is 5.95. The number of nitrogens with zero attached hydrogens (tertiary/aromatic N) is 4. The molecule has 0 atom stereocenters. The van der Waals surface area contributed by atoms with Gasteiger partial charge in [-0.25, -0.2) is 4.98 Å². The second kappa shape index (κ2) is 5.99. The lowest BCUT2D eigenvalue weighted by atomic mass is 10.2. The van der Waals surface area contributed by atoms with Crippen LogP contribution in [0, 0.1) is 6.92 Å². The van der Waals surface area contributed by atoms with Gasteiger partial charge in [-0.15, -0.1) is 0 Å². The molecule has 1 aromatic carbocycles. The molecule has 3 heterocycles. The van der Waals surface area contributed by atoms with Crippen LogP contribution in [0.3, 0.4) is 0 Å². The molecule has 3 aromatic heterocycles. The van der Waals surface area contributed by atoms with Gasteiger partial charge in [-0.05, 0) is 30.7 Å². The summed E-state index contributed by atoms with van der Waals surface area (Å²) in [6.07, 6.45) is 1.51. The third-order valence-electron chi connectivity index (χ3n) is 4.12. The number of amides is 1. The maximum absolute atomic E-state index is 12.3. The lowest BCUT2D eigenvalue weighted by Gasteiger charge is -2.04. The van der Waals surface area contributed by atoms with Crippen LogP contribution in [-0.4, -0.2) is 25.0 Å². The van der Waals surface area contributed by atoms with E-state index < -0.39 is 0 Å². The largest absolute Gasteiger partial charge is 0.423 e. The van der Waals surface area contributed by atoms with Crippen LogP contribution in [0.1, 0.15) is 5.56 Å². The molecule has 0 fully saturated rings. The molecule has 1 N–H and O–H groups in total. The van der Waals surface area contributed by atoms with Crippen LogP contribution in [0.25, 0.3) is 22.3 Å². The van der Waals surface area contributed by atoms with Gasteiger partial charge in [0.25, 0.3) is 5.56 Å². The number of benzene rings is 1. The molecule has 0 aliphatic rings. The maximum Gasteiger partial charge on any atom is 0.302 e. The van der Waals surface area contributed by atoms with E-state index >= 15 is 0 Å². The van der Waals surface area contributed by atoms with Gasteiger partial charge in [0.2, 0.25) is 5.91 Å². The molecule has 4 rings (SSSR count). The fourth-order valence-electron chi connectivity index (χ4n) is 2.72. The molecule has 26 heavy (non-hydrogen) atoms. The van der Waals surface area contributed by atoms with Crippen LogP contribution in [-0.2, 0) is 18.4 Å². The number of pyridine rings is 1. The van der Waals surface area contributed by atoms with Crippen molar-refractivity contribution < 1.29 is 9.21 Å². The minimum Gasteiger partial charge on any atom is -0.423 e. The van der Waals surface area contributed by atoms with E-state index in [9.17, 15) is 9.59 Å². The first-order chi connectivity index (χ1) is 12.4. The van der Waals surface area contributed by atoms with E-state index in [1.54, 1.807) is 29.8 Å². The summed E-state index contributed by atoms with van der Waals surface area (Å²) >= 11 is 6.07. The number of nitrogens with one attached hydrogen (secondary N) is 1. The maximum atomic E-state index is 12.3. The molecule has 0 unspecified atom stereocenters. The topological polar surface area (TPSA) is 95.0 Å². The Kier molecular flexibility index (Phi) is 3.77. The van der Waals surface area contributed by atoms with E-state index in [-0.39, 0.29) is 24.0 Å². The predicted octanol–water partition coefficient (Wildman–Crippen LogP) is 2.48. The van der Waals surface area contributed by atoms with Crippen molar-refractivity contribution in [2.24, 2.45) is 7.05 Å². The van der Waals surface area contributed by atoms with Crippen molar-refractivity contribution in [3.63, 3.8) is 0 Å². The third-order valence-corrected chi connectivity index (χ3v) is 4.53. The normalized spacial score (nSPS) is 11.3. The fourth-order valence-corrected chi connectivity index (χ4v) is 2.88. The van der Waals surface area contributed by atoms with Gasteiger partial charge in [0.1, 0.15) is 12.1 Å². The first-order valence-electron chi connectivity index (χ1n) is 7.80. The van der Waals surface area contributed by atoms with Crippen molar-refractivity contribution in [3.05, 3.63) is 51.5 Å². The number of carbonyl (C=O) groups is 1. The Morgan fingerprint density at radius 3 is 2.96 bits per heavy atom. The number of halogens is 1. The average Bonchev–Trinajstić information content (AvgIpc) is 3.15. The molecule has 8 nitrogen and oxygen atoms in total. The fraction of sp³-hybridized carbons (Fsp3) is 0.176. The van der Waals surface area contributed by atoms with Crippen LogP contribution < -0.4 is 10.9 Å². The number of aromatic nitrogens is 4. The highest BCUT2D eigenvalue weighted by Crippen LogP contribution is 2.25. The number of hydrogen-bond acceptors (Lipinski definition) is 5. The molecule has 9 heteroatoms. The molecule has 0 saturated heterocycles. The third kappa shape index (κ3) is 2.74. The van der Waals surface area contributed by atoms with Gasteiger partial charge in [0.05, 0.1) is 11.8 Å². The molecule has 0 radical (unpaired) electrons. The van der Waals surface area contributed by atoms with E-state index in [1.807, 2.05) is 6.92 Å². The highest BCUT2D eigenvalue weighted by atomic mass is 35.5. The van der Waals surface area contributed by atoms with Crippen molar-refractivity contribution >= 4 is 45.8 Å². The van der Waals surface area contributed by atoms with Gasteiger partial charge >= 0.3 is 6.01 Å². The van der Waals surface area contributed by atoms with E-state index in [0.717, 1.165) is 5.56 Å². The number of oxazole rings is 1. The molecule has 0 saturated carbocycles. The van der Waals surface area contributed by atoms with Crippen molar-refractivity contribution in [2.45, 2.75) is 13.5 Å². The van der Waals surface area contributed by atoms with E-state index in [1.165, 1.54) is 17.0 Å². The highest BCUT2D eigenvalue weighted by Gasteiger charge is 2.13. The zero-order valence-electron chi connectivity index (χ0n) is 14.0. The number of rotatable bonds is 3. The smallest absolute Gasteiger partial charge is 0.302 e. The Morgan fingerprint density at radius 2 is 2.15 bits per heavy atom. The molecule has 0 aliphatic heterocycles. The van der Waals surface area contributed by atoms with Gasteiger partial charge in [-0.2, -0.15) is 4.98 Å². The van der Waals surface area contributed by atoms with Crippen LogP contribution >= 0.6 is 11.6 Å². The first kappa shape index (κ1) is 16.3. The first-order valence-corrected chi connectivity index (χ1v) is 8.17. The van der Waals surface area contributed by atoms with Gasteiger partial charge in [0.15, 0.2) is 11.2 Å². The number of imidazole rings is 1. The minimum atomic E-state index is -0.326. The monoisotopic (exact) mass is 371 g/mol. The molecule has 0 bridgehead atoms. The van der Waals surface area contributed by atoms with Gasteiger partial charge in [-0.1, -0.05) is 11.6 Å². The van der Waals surface area contributed by atoms with Crippen LogP contribution in [0.5, 0.6) is 0 Å². The second-order valence-corrected chi connectivity index (χ2v) is 6.36. The van der Waals surface area contributed by atoms with E-state index in [0.29, 0.717) is 27.3 Å². The predicted molar refractivity (Wildman–Crippen MR) is 97.4 cm³/mol. The molecular formula is C17H14ClN5O3. The number of anilines is 1. The Hall–Kier alpha value is -3.13. The number of aryl methyl sites for hydroxylation is 2. The van der Waals surface area contributed by atoms with Crippen molar-refractivity contribution in [3.8, 4) is 0 Å². The zero-order chi connectivity index (χ0) is 18.4. The SMILES string of the molecule is Cc1cc2oc(NC(=O)Cn3cnc4c3ccc(=O)n4C)nc2cc1Cl. The zero-order valence-corrected chi connectivity index (χ0v) is 14.7. The van der Waals surface area contributed by atoms with E-state index in [4.69, 9.17) is 16.0 Å². The summed E-state index contributed by atoms with van der Waals surface area (Å²) in [5.41, 5.74) is 3.01. The van der Waals surface area contributed by atoms with Crippen molar-refractivity contribution in [2.75, 3.05) is 5.32 Å². The number of hydrogen-bond donors (Lipinski definition) is 1. The summed E-state index contributed by atoms with van der Waals surface area (Å²) < 4.78 is 8.62. The Morgan fingerprint density at radius 1 is 1.35 bits per heavy atom. The van der Waals surface area contributed by atoms with Crippen molar-refractivity contribution in [1.82, 2.24) is 19.1 Å².